The fraction of sp³-hybridized carbons (Fsp3) is 0.515. The summed E-state index contributed by atoms with van der Waals surface area (Å²) in [6.45, 7) is 5.75. The number of para-hydroxylation sites is 2. The number of benzene rings is 2. The van der Waals surface area contributed by atoms with Crippen molar-refractivity contribution in [2.45, 2.75) is 97.4 Å². The molecule has 0 saturated carbocycles. The number of anilines is 1. The van der Waals surface area contributed by atoms with E-state index in [1.54, 1.807) is 11.3 Å². The first kappa shape index (κ1) is 33.8. The van der Waals surface area contributed by atoms with E-state index in [4.69, 9.17) is 9.47 Å². The molecular formula is C33H47BrN2O3S. The predicted octanol–water partition coefficient (Wildman–Crippen LogP) is 5.49. The Labute approximate surface area is 256 Å². The Bertz CT molecular complexity index is 1100. The lowest BCUT2D eigenvalue weighted by atomic mass is 10.1. The van der Waals surface area contributed by atoms with Gasteiger partial charge in [0.15, 0.2) is 30.8 Å². The van der Waals surface area contributed by atoms with E-state index in [-0.39, 0.29) is 29.5 Å². The summed E-state index contributed by atoms with van der Waals surface area (Å²) in [6, 6.07) is 15.5. The molecule has 3 aromatic rings. The highest BCUT2D eigenvalue weighted by atomic mass is 79.9. The number of rotatable bonds is 20. The molecule has 1 N–H and O–H groups in total. The van der Waals surface area contributed by atoms with Crippen molar-refractivity contribution in [1.29, 1.82) is 0 Å². The Kier molecular flexibility index (Phi) is 17.3. The monoisotopic (exact) mass is 630 g/mol. The first-order valence-electron chi connectivity index (χ1n) is 14.8. The number of thiazole rings is 1. The molecule has 0 atom stereocenters. The largest absolute Gasteiger partial charge is 1.00 e. The van der Waals surface area contributed by atoms with Gasteiger partial charge in [0.05, 0.1) is 12.0 Å². The van der Waals surface area contributed by atoms with Crippen molar-refractivity contribution in [2.24, 2.45) is 0 Å². The normalized spacial score (nSPS) is 10.7. The average molecular weight is 632 g/mol. The van der Waals surface area contributed by atoms with Gasteiger partial charge in [0, 0.05) is 18.2 Å². The second-order valence-corrected chi connectivity index (χ2v) is 11.4. The molecule has 1 heterocycles. The Morgan fingerprint density at radius 3 is 2.08 bits per heavy atom. The summed E-state index contributed by atoms with van der Waals surface area (Å²) in [5.41, 5.74) is 1.91. The molecule has 3 rings (SSSR count). The van der Waals surface area contributed by atoms with Gasteiger partial charge in [-0.25, -0.2) is 0 Å². The van der Waals surface area contributed by atoms with E-state index < -0.39 is 0 Å². The van der Waals surface area contributed by atoms with E-state index in [9.17, 15) is 4.79 Å². The number of aromatic nitrogens is 1. The molecule has 0 aliphatic carbocycles. The van der Waals surface area contributed by atoms with Crippen LogP contribution >= 0.6 is 11.3 Å². The number of nitrogens with one attached hydrogen (secondary N) is 1. The van der Waals surface area contributed by atoms with Gasteiger partial charge in [-0.05, 0) is 30.7 Å². The first-order chi connectivity index (χ1) is 19.2. The van der Waals surface area contributed by atoms with Crippen LogP contribution in [0.4, 0.5) is 5.69 Å². The van der Waals surface area contributed by atoms with Gasteiger partial charge >= 0.3 is 0 Å². The maximum absolute atomic E-state index is 12.6. The van der Waals surface area contributed by atoms with E-state index in [1.165, 1.54) is 75.6 Å². The van der Waals surface area contributed by atoms with Crippen LogP contribution in [0.15, 0.2) is 60.1 Å². The second-order valence-electron chi connectivity index (χ2n) is 10.3. The lowest BCUT2D eigenvalue weighted by molar-refractivity contribution is -0.689. The predicted molar refractivity (Wildman–Crippen MR) is 162 cm³/mol. The summed E-state index contributed by atoms with van der Waals surface area (Å²) < 4.78 is 14.0. The Morgan fingerprint density at radius 1 is 0.825 bits per heavy atom. The molecule has 1 aromatic heterocycles. The van der Waals surface area contributed by atoms with Crippen molar-refractivity contribution in [1.82, 2.24) is 0 Å². The topological polar surface area (TPSA) is 51.4 Å². The number of amides is 1. The highest BCUT2D eigenvalue weighted by Gasteiger charge is 2.11. The molecule has 2 aromatic carbocycles. The van der Waals surface area contributed by atoms with Crippen molar-refractivity contribution in [3.05, 3.63) is 70.7 Å². The molecule has 0 aliphatic rings. The van der Waals surface area contributed by atoms with Gasteiger partial charge in [-0.3, -0.25) is 4.79 Å². The van der Waals surface area contributed by atoms with Crippen LogP contribution in [-0.4, -0.2) is 19.1 Å². The lowest BCUT2D eigenvalue weighted by Gasteiger charge is -2.13. The molecular weight excluding hydrogens is 584 g/mol. The average Bonchev–Trinajstić information content (AvgIpc) is 3.34. The summed E-state index contributed by atoms with van der Waals surface area (Å²) in [4.78, 5) is 12.6. The van der Waals surface area contributed by atoms with Crippen LogP contribution in [0.3, 0.4) is 0 Å². The molecule has 0 fully saturated rings. The van der Waals surface area contributed by atoms with Crippen molar-refractivity contribution in [3.63, 3.8) is 0 Å². The third-order valence-electron chi connectivity index (χ3n) is 6.91. The zero-order valence-electron chi connectivity index (χ0n) is 24.3. The number of nitrogens with zero attached hydrogens (tertiary/aromatic N) is 1. The van der Waals surface area contributed by atoms with Crippen LogP contribution in [0, 0.1) is 6.92 Å². The fourth-order valence-electron chi connectivity index (χ4n) is 4.64. The van der Waals surface area contributed by atoms with Crippen LogP contribution in [-0.2, 0) is 11.3 Å². The van der Waals surface area contributed by atoms with Crippen LogP contribution in [0.2, 0.25) is 0 Å². The number of hydrogen-bond donors (Lipinski definition) is 1. The summed E-state index contributed by atoms with van der Waals surface area (Å²) >= 11 is 1.72. The van der Waals surface area contributed by atoms with E-state index in [1.807, 2.05) is 42.5 Å². The number of aryl methyl sites for hydroxylation is 1. The molecule has 0 unspecified atom stereocenters. The van der Waals surface area contributed by atoms with Crippen LogP contribution in [0.25, 0.3) is 0 Å². The number of hydrogen-bond acceptors (Lipinski definition) is 4. The minimum Gasteiger partial charge on any atom is -1.00 e. The maximum atomic E-state index is 12.6. The molecule has 0 bridgehead atoms. The van der Waals surface area contributed by atoms with Crippen LogP contribution in [0.5, 0.6) is 11.5 Å². The molecule has 0 radical (unpaired) electrons. The van der Waals surface area contributed by atoms with Gasteiger partial charge in [-0.15, -0.1) is 0 Å². The Morgan fingerprint density at radius 2 is 1.45 bits per heavy atom. The molecule has 7 heteroatoms. The van der Waals surface area contributed by atoms with Gasteiger partial charge in [-0.2, -0.15) is 4.57 Å². The smallest absolute Gasteiger partial charge is 0.262 e. The van der Waals surface area contributed by atoms with Gasteiger partial charge in [0.25, 0.3) is 5.91 Å². The highest BCUT2D eigenvalue weighted by Crippen LogP contribution is 2.27. The lowest BCUT2D eigenvalue weighted by Crippen LogP contribution is -3.00. The molecule has 0 saturated heterocycles. The Hall–Kier alpha value is -2.38. The van der Waals surface area contributed by atoms with Crippen molar-refractivity contribution in [3.8, 4) is 11.5 Å². The molecule has 0 aliphatic heterocycles. The summed E-state index contributed by atoms with van der Waals surface area (Å²) in [7, 11) is 0. The molecule has 40 heavy (non-hydrogen) atoms. The van der Waals surface area contributed by atoms with Crippen LogP contribution in [0.1, 0.15) is 94.5 Å². The van der Waals surface area contributed by atoms with Gasteiger partial charge in [0.2, 0.25) is 5.01 Å². The molecule has 220 valence electrons. The summed E-state index contributed by atoms with van der Waals surface area (Å²) in [5.74, 6) is 1.10. The quantitative estimate of drug-likeness (QED) is 0.133. The minimum atomic E-state index is -0.192. The fourth-order valence-corrected chi connectivity index (χ4v) is 5.30. The maximum Gasteiger partial charge on any atom is 0.262 e. The summed E-state index contributed by atoms with van der Waals surface area (Å²) in [6.07, 6.45) is 17.9. The zero-order chi connectivity index (χ0) is 27.5. The van der Waals surface area contributed by atoms with E-state index in [0.29, 0.717) is 18.1 Å². The molecule has 5 nitrogen and oxygen atoms in total. The zero-order valence-corrected chi connectivity index (χ0v) is 26.7. The SMILES string of the molecule is CCCCCCCCCCCCCCOc1ccccc1OCC(=O)Nc1cccc(C[n+]2ccsc2C)c1.[Br-]. The van der Waals surface area contributed by atoms with E-state index in [2.05, 4.69) is 41.4 Å². The van der Waals surface area contributed by atoms with Crippen LogP contribution < -0.4 is 36.3 Å². The van der Waals surface area contributed by atoms with Gasteiger partial charge in [-0.1, -0.05) is 113 Å². The number of unbranched alkanes of at least 4 members (excludes halogenated alkanes) is 11. The second kappa shape index (κ2) is 20.5. The third-order valence-corrected chi connectivity index (χ3v) is 7.74. The third kappa shape index (κ3) is 13.3. The summed E-state index contributed by atoms with van der Waals surface area (Å²) in [5, 5.41) is 6.28. The Balaban J connectivity index is 0.00000560. The van der Waals surface area contributed by atoms with E-state index in [0.717, 1.165) is 24.2 Å². The number of ether oxygens (including phenoxy) is 2. The number of carbonyl (C=O) groups excluding carboxylic acids is 1. The first-order valence-corrected chi connectivity index (χ1v) is 15.7. The van der Waals surface area contributed by atoms with Crippen molar-refractivity contribution < 1.29 is 35.8 Å². The standard InChI is InChI=1S/C33H46N2O3S.BrH/c1-3-4-5-6-7-8-9-10-11-12-13-16-23-37-31-20-14-15-21-32(31)38-27-33(36)34-30-19-17-18-29(25-30)26-35-22-24-39-28(35)2;/h14-15,17-22,24-25H,3-13,16,23,26-27H2,1-2H3;1H. The number of halogens is 1. The van der Waals surface area contributed by atoms with Crippen molar-refractivity contribution in [2.75, 3.05) is 18.5 Å². The van der Waals surface area contributed by atoms with Gasteiger partial charge in [0.1, 0.15) is 0 Å². The van der Waals surface area contributed by atoms with Gasteiger partial charge < -0.3 is 31.8 Å². The van der Waals surface area contributed by atoms with E-state index >= 15 is 0 Å². The molecule has 1 amide bonds. The molecule has 0 spiro atoms. The highest BCUT2D eigenvalue weighted by molar-refractivity contribution is 7.09. The minimum absolute atomic E-state index is 0. The van der Waals surface area contributed by atoms with Crippen molar-refractivity contribution >= 4 is 22.9 Å². The number of carbonyl (C=O) groups is 1.